The van der Waals surface area contributed by atoms with E-state index in [4.69, 9.17) is 9.47 Å². The second kappa shape index (κ2) is 11.0. The SMILES string of the molecule is COC(=O)c1ccc(C(C)NC(=O)C2(c3ccnc(OCC4CCCCC4)c3)CCCC2)cc1. The summed E-state index contributed by atoms with van der Waals surface area (Å²) >= 11 is 0. The Kier molecular flexibility index (Phi) is 7.86. The Morgan fingerprint density at radius 1 is 1.06 bits per heavy atom. The number of nitrogens with zero attached hydrogens (tertiary/aromatic N) is 1. The Bertz CT molecular complexity index is 976. The molecule has 1 amide bonds. The molecule has 0 spiro atoms. The largest absolute Gasteiger partial charge is 0.477 e. The van der Waals surface area contributed by atoms with Crippen LogP contribution in [0, 0.1) is 5.92 Å². The molecule has 1 aromatic carbocycles. The molecule has 182 valence electrons. The molecule has 2 aromatic rings. The number of carbonyl (C=O) groups excluding carboxylic acids is 2. The minimum absolute atomic E-state index is 0.0407. The number of aromatic nitrogens is 1. The maximum Gasteiger partial charge on any atom is 0.337 e. The van der Waals surface area contributed by atoms with Crippen LogP contribution in [-0.4, -0.2) is 30.6 Å². The fourth-order valence-electron chi connectivity index (χ4n) is 5.41. The van der Waals surface area contributed by atoms with E-state index in [0.29, 0.717) is 24.0 Å². The van der Waals surface area contributed by atoms with Crippen LogP contribution in [0.2, 0.25) is 0 Å². The van der Waals surface area contributed by atoms with Crippen LogP contribution in [0.25, 0.3) is 0 Å². The van der Waals surface area contributed by atoms with E-state index in [9.17, 15) is 9.59 Å². The number of hydrogen-bond acceptors (Lipinski definition) is 5. The van der Waals surface area contributed by atoms with E-state index in [-0.39, 0.29) is 17.9 Å². The maximum absolute atomic E-state index is 13.6. The van der Waals surface area contributed by atoms with Gasteiger partial charge in [-0.3, -0.25) is 4.79 Å². The van der Waals surface area contributed by atoms with Crippen LogP contribution in [0.3, 0.4) is 0 Å². The topological polar surface area (TPSA) is 77.5 Å². The molecule has 2 saturated carbocycles. The number of esters is 1. The number of rotatable bonds is 8. The summed E-state index contributed by atoms with van der Waals surface area (Å²) in [7, 11) is 1.37. The fraction of sp³-hybridized carbons (Fsp3) is 0.536. The summed E-state index contributed by atoms with van der Waals surface area (Å²) in [5.41, 5.74) is 1.87. The highest BCUT2D eigenvalue weighted by Crippen LogP contribution is 2.42. The molecule has 0 bridgehead atoms. The summed E-state index contributed by atoms with van der Waals surface area (Å²) in [6.07, 6.45) is 11.8. The lowest BCUT2D eigenvalue weighted by Gasteiger charge is -2.30. The summed E-state index contributed by atoms with van der Waals surface area (Å²) < 4.78 is 10.8. The first-order chi connectivity index (χ1) is 16.5. The summed E-state index contributed by atoms with van der Waals surface area (Å²) in [6, 6.07) is 10.9. The van der Waals surface area contributed by atoms with Crippen molar-refractivity contribution in [2.45, 2.75) is 76.2 Å². The molecule has 1 N–H and O–H groups in total. The van der Waals surface area contributed by atoms with Gasteiger partial charge in [0.25, 0.3) is 0 Å². The highest BCUT2D eigenvalue weighted by atomic mass is 16.5. The Hall–Kier alpha value is -2.89. The zero-order chi connectivity index (χ0) is 24.0. The lowest BCUT2D eigenvalue weighted by Crippen LogP contribution is -2.43. The van der Waals surface area contributed by atoms with Crippen LogP contribution < -0.4 is 10.1 Å². The molecule has 6 heteroatoms. The second-order valence-corrected chi connectivity index (χ2v) is 9.80. The first kappa shape index (κ1) is 24.2. The zero-order valence-corrected chi connectivity index (χ0v) is 20.3. The molecule has 1 aromatic heterocycles. The van der Waals surface area contributed by atoms with Crippen molar-refractivity contribution in [3.63, 3.8) is 0 Å². The van der Waals surface area contributed by atoms with Crippen molar-refractivity contribution in [1.29, 1.82) is 0 Å². The van der Waals surface area contributed by atoms with E-state index in [1.165, 1.54) is 39.2 Å². The first-order valence-electron chi connectivity index (χ1n) is 12.6. The number of pyridine rings is 1. The maximum atomic E-state index is 13.6. The number of ether oxygens (including phenoxy) is 2. The first-order valence-corrected chi connectivity index (χ1v) is 12.6. The second-order valence-electron chi connectivity index (χ2n) is 9.80. The predicted molar refractivity (Wildman–Crippen MR) is 131 cm³/mol. The molecular formula is C28H36N2O4. The third-order valence-corrected chi connectivity index (χ3v) is 7.55. The third kappa shape index (κ3) is 5.43. The van der Waals surface area contributed by atoms with Gasteiger partial charge >= 0.3 is 5.97 Å². The minimum Gasteiger partial charge on any atom is -0.477 e. The van der Waals surface area contributed by atoms with Crippen molar-refractivity contribution in [2.75, 3.05) is 13.7 Å². The molecule has 2 aliphatic rings. The molecule has 1 atom stereocenters. The smallest absolute Gasteiger partial charge is 0.337 e. The quantitative estimate of drug-likeness (QED) is 0.521. The third-order valence-electron chi connectivity index (χ3n) is 7.55. The van der Waals surface area contributed by atoms with Crippen LogP contribution in [0.4, 0.5) is 0 Å². The van der Waals surface area contributed by atoms with E-state index >= 15 is 0 Å². The van der Waals surface area contributed by atoms with Gasteiger partial charge in [0.15, 0.2) is 0 Å². The van der Waals surface area contributed by atoms with Crippen molar-refractivity contribution in [3.05, 3.63) is 59.3 Å². The van der Waals surface area contributed by atoms with Crippen molar-refractivity contribution in [1.82, 2.24) is 10.3 Å². The minimum atomic E-state index is -0.563. The van der Waals surface area contributed by atoms with Gasteiger partial charge in [-0.2, -0.15) is 0 Å². The Morgan fingerprint density at radius 3 is 2.44 bits per heavy atom. The Balaban J connectivity index is 1.46. The molecule has 2 aliphatic carbocycles. The molecule has 0 saturated heterocycles. The van der Waals surface area contributed by atoms with Gasteiger partial charge in [-0.15, -0.1) is 0 Å². The van der Waals surface area contributed by atoms with Crippen LogP contribution in [0.1, 0.15) is 92.2 Å². The number of methoxy groups -OCH3 is 1. The van der Waals surface area contributed by atoms with E-state index in [0.717, 1.165) is 36.8 Å². The van der Waals surface area contributed by atoms with Gasteiger partial charge in [0.05, 0.1) is 30.7 Å². The number of nitrogens with one attached hydrogen (secondary N) is 1. The number of hydrogen-bond donors (Lipinski definition) is 1. The average molecular weight is 465 g/mol. The molecule has 2 fully saturated rings. The van der Waals surface area contributed by atoms with Crippen LogP contribution in [-0.2, 0) is 14.9 Å². The number of benzene rings is 1. The molecule has 0 aliphatic heterocycles. The Morgan fingerprint density at radius 2 is 1.76 bits per heavy atom. The summed E-state index contributed by atoms with van der Waals surface area (Å²) in [5.74, 6) is 0.897. The summed E-state index contributed by atoms with van der Waals surface area (Å²) in [6.45, 7) is 2.67. The van der Waals surface area contributed by atoms with Crippen LogP contribution in [0.5, 0.6) is 5.88 Å². The molecule has 0 radical (unpaired) electrons. The normalized spacial score (nSPS) is 18.8. The number of amides is 1. The standard InChI is InChI=1S/C28H36N2O4/c1-20(22-10-12-23(13-11-22)26(31)33-2)30-27(32)28(15-6-7-16-28)24-14-17-29-25(18-24)34-19-21-8-4-3-5-9-21/h10-14,17-18,20-21H,3-9,15-16,19H2,1-2H3,(H,30,32). The van der Waals surface area contributed by atoms with Gasteiger partial charge in [0, 0.05) is 12.3 Å². The van der Waals surface area contributed by atoms with Crippen LogP contribution in [0.15, 0.2) is 42.6 Å². The average Bonchev–Trinajstić information content (AvgIpc) is 3.39. The van der Waals surface area contributed by atoms with Gasteiger partial charge in [0.2, 0.25) is 11.8 Å². The predicted octanol–water partition coefficient (Wildman–Crippen LogP) is 5.52. The molecule has 1 unspecified atom stereocenters. The van der Waals surface area contributed by atoms with E-state index in [1.54, 1.807) is 18.3 Å². The van der Waals surface area contributed by atoms with E-state index < -0.39 is 5.41 Å². The summed E-state index contributed by atoms with van der Waals surface area (Å²) in [5, 5.41) is 3.23. The monoisotopic (exact) mass is 464 g/mol. The van der Waals surface area contributed by atoms with Crippen molar-refractivity contribution in [2.24, 2.45) is 5.92 Å². The van der Waals surface area contributed by atoms with E-state index in [2.05, 4.69) is 10.3 Å². The van der Waals surface area contributed by atoms with Gasteiger partial charge in [-0.25, -0.2) is 9.78 Å². The van der Waals surface area contributed by atoms with Crippen LogP contribution >= 0.6 is 0 Å². The lowest BCUT2D eigenvalue weighted by atomic mass is 9.78. The van der Waals surface area contributed by atoms with Gasteiger partial charge in [0.1, 0.15) is 0 Å². The van der Waals surface area contributed by atoms with Gasteiger partial charge in [-0.05, 0) is 67.9 Å². The molecule has 4 rings (SSSR count). The molecule has 1 heterocycles. The highest BCUT2D eigenvalue weighted by Gasteiger charge is 2.43. The zero-order valence-electron chi connectivity index (χ0n) is 20.3. The van der Waals surface area contributed by atoms with Gasteiger partial charge in [-0.1, -0.05) is 44.2 Å². The Labute approximate surface area is 202 Å². The molecular weight excluding hydrogens is 428 g/mol. The highest BCUT2D eigenvalue weighted by molar-refractivity contribution is 5.90. The fourth-order valence-corrected chi connectivity index (χ4v) is 5.41. The molecule has 6 nitrogen and oxygen atoms in total. The van der Waals surface area contributed by atoms with Crippen molar-refractivity contribution < 1.29 is 19.1 Å². The lowest BCUT2D eigenvalue weighted by molar-refractivity contribution is -0.127. The van der Waals surface area contributed by atoms with Crippen molar-refractivity contribution in [3.8, 4) is 5.88 Å². The summed E-state index contributed by atoms with van der Waals surface area (Å²) in [4.78, 5) is 29.8. The molecule has 34 heavy (non-hydrogen) atoms. The van der Waals surface area contributed by atoms with Gasteiger partial charge < -0.3 is 14.8 Å². The number of carbonyl (C=O) groups is 2. The van der Waals surface area contributed by atoms with Crippen molar-refractivity contribution >= 4 is 11.9 Å². The van der Waals surface area contributed by atoms with E-state index in [1.807, 2.05) is 31.2 Å².